The molecule has 0 fully saturated rings. The summed E-state index contributed by atoms with van der Waals surface area (Å²) in [6.45, 7) is 6.82. The van der Waals surface area contributed by atoms with Crippen LogP contribution in [0, 0.1) is 0 Å². The third-order valence-corrected chi connectivity index (χ3v) is 6.26. The van der Waals surface area contributed by atoms with Crippen LogP contribution >= 0.6 is 0 Å². The van der Waals surface area contributed by atoms with Gasteiger partial charge in [0.25, 0.3) is 0 Å². The van der Waals surface area contributed by atoms with Gasteiger partial charge in [0.2, 0.25) is 0 Å². The van der Waals surface area contributed by atoms with E-state index in [9.17, 15) is 4.79 Å². The highest BCUT2D eigenvalue weighted by atomic mass is 28.4. The van der Waals surface area contributed by atoms with Gasteiger partial charge in [-0.1, -0.05) is 6.92 Å². The standard InChI is InChI=1S/C12H27NO4Si/c1-6-13(10-8-12(14)15-2)9-7-11-18(5,16-3)17-4/h6-11H2,1-5H3. The lowest BCUT2D eigenvalue weighted by Crippen LogP contribution is -2.37. The van der Waals surface area contributed by atoms with Crippen molar-refractivity contribution in [2.45, 2.75) is 32.4 Å². The summed E-state index contributed by atoms with van der Waals surface area (Å²) in [5.41, 5.74) is 0. The van der Waals surface area contributed by atoms with Crippen LogP contribution in [0.2, 0.25) is 12.6 Å². The number of hydrogen-bond donors (Lipinski definition) is 0. The molecule has 0 atom stereocenters. The van der Waals surface area contributed by atoms with Crippen molar-refractivity contribution in [1.29, 1.82) is 0 Å². The van der Waals surface area contributed by atoms with Crippen LogP contribution in [0.4, 0.5) is 0 Å². The molecule has 18 heavy (non-hydrogen) atoms. The van der Waals surface area contributed by atoms with Gasteiger partial charge in [0, 0.05) is 20.8 Å². The fraction of sp³-hybridized carbons (Fsp3) is 0.917. The predicted molar refractivity (Wildman–Crippen MR) is 73.8 cm³/mol. The van der Waals surface area contributed by atoms with Crippen LogP contribution in [-0.2, 0) is 18.4 Å². The highest BCUT2D eigenvalue weighted by molar-refractivity contribution is 6.65. The molecule has 0 aromatic heterocycles. The van der Waals surface area contributed by atoms with E-state index in [1.54, 1.807) is 14.2 Å². The minimum absolute atomic E-state index is 0.151. The second-order valence-electron chi connectivity index (χ2n) is 4.41. The lowest BCUT2D eigenvalue weighted by Gasteiger charge is -2.25. The van der Waals surface area contributed by atoms with Gasteiger partial charge >= 0.3 is 14.5 Å². The maximum atomic E-state index is 11.1. The summed E-state index contributed by atoms with van der Waals surface area (Å²) in [6.07, 6.45) is 1.48. The normalized spacial score (nSPS) is 11.9. The average Bonchev–Trinajstić information content (AvgIpc) is 2.41. The number of carbonyl (C=O) groups excluding carboxylic acids is 1. The molecule has 0 unspecified atom stereocenters. The Bertz CT molecular complexity index is 234. The highest BCUT2D eigenvalue weighted by Gasteiger charge is 2.27. The largest absolute Gasteiger partial charge is 0.469 e. The number of methoxy groups -OCH3 is 1. The Morgan fingerprint density at radius 2 is 1.78 bits per heavy atom. The second kappa shape index (κ2) is 9.49. The van der Waals surface area contributed by atoms with Gasteiger partial charge in [-0.25, -0.2) is 0 Å². The Morgan fingerprint density at radius 3 is 2.22 bits per heavy atom. The van der Waals surface area contributed by atoms with Gasteiger partial charge < -0.3 is 18.5 Å². The van der Waals surface area contributed by atoms with E-state index < -0.39 is 8.56 Å². The summed E-state index contributed by atoms with van der Waals surface area (Å²) in [5.74, 6) is -0.151. The first-order valence-electron chi connectivity index (χ1n) is 6.40. The van der Waals surface area contributed by atoms with Gasteiger partial charge in [-0.3, -0.25) is 4.79 Å². The van der Waals surface area contributed by atoms with Gasteiger partial charge in [-0.2, -0.15) is 0 Å². The lowest BCUT2D eigenvalue weighted by atomic mass is 10.3. The average molecular weight is 277 g/mol. The van der Waals surface area contributed by atoms with Gasteiger partial charge in [0.05, 0.1) is 13.5 Å². The summed E-state index contributed by atoms with van der Waals surface area (Å²) < 4.78 is 15.5. The van der Waals surface area contributed by atoms with Crippen molar-refractivity contribution >= 4 is 14.5 Å². The SMILES string of the molecule is CCN(CCC[Si](C)(OC)OC)CCC(=O)OC. The van der Waals surface area contributed by atoms with Crippen molar-refractivity contribution in [1.82, 2.24) is 4.90 Å². The molecule has 0 aromatic carbocycles. The topological polar surface area (TPSA) is 48.0 Å². The van der Waals surface area contributed by atoms with Crippen molar-refractivity contribution in [3.63, 3.8) is 0 Å². The van der Waals surface area contributed by atoms with E-state index in [0.717, 1.165) is 32.1 Å². The molecule has 5 nitrogen and oxygen atoms in total. The maximum Gasteiger partial charge on any atom is 0.334 e. The minimum Gasteiger partial charge on any atom is -0.469 e. The Balaban J connectivity index is 3.90. The lowest BCUT2D eigenvalue weighted by molar-refractivity contribution is -0.140. The monoisotopic (exact) mass is 277 g/mol. The Morgan fingerprint density at radius 1 is 1.17 bits per heavy atom. The molecule has 0 aromatic rings. The molecule has 0 N–H and O–H groups in total. The smallest absolute Gasteiger partial charge is 0.334 e. The van der Waals surface area contributed by atoms with Crippen molar-refractivity contribution in [2.24, 2.45) is 0 Å². The minimum atomic E-state index is -1.95. The van der Waals surface area contributed by atoms with Gasteiger partial charge in [-0.05, 0) is 32.1 Å². The highest BCUT2D eigenvalue weighted by Crippen LogP contribution is 2.14. The van der Waals surface area contributed by atoms with Crippen LogP contribution in [0.5, 0.6) is 0 Å². The van der Waals surface area contributed by atoms with E-state index in [4.69, 9.17) is 8.85 Å². The van der Waals surface area contributed by atoms with Gasteiger partial charge in [-0.15, -0.1) is 0 Å². The summed E-state index contributed by atoms with van der Waals surface area (Å²) in [5, 5.41) is 0. The fourth-order valence-electron chi connectivity index (χ4n) is 1.69. The maximum absolute atomic E-state index is 11.1. The van der Waals surface area contributed by atoms with Crippen LogP contribution in [0.15, 0.2) is 0 Å². The van der Waals surface area contributed by atoms with E-state index in [0.29, 0.717) is 6.42 Å². The zero-order valence-corrected chi connectivity index (χ0v) is 13.3. The number of esters is 1. The number of hydrogen-bond acceptors (Lipinski definition) is 5. The molecule has 0 bridgehead atoms. The van der Waals surface area contributed by atoms with E-state index in [1.807, 2.05) is 0 Å². The molecule has 0 radical (unpaired) electrons. The summed E-state index contributed by atoms with van der Waals surface area (Å²) in [6, 6.07) is 0.967. The Hall–Kier alpha value is -0.433. The zero-order chi connectivity index (χ0) is 14.0. The van der Waals surface area contributed by atoms with Crippen molar-refractivity contribution in [3.05, 3.63) is 0 Å². The third-order valence-electron chi connectivity index (χ3n) is 3.28. The third kappa shape index (κ3) is 7.10. The first-order chi connectivity index (χ1) is 8.51. The predicted octanol–water partition coefficient (Wildman–Crippen LogP) is 1.63. The van der Waals surface area contributed by atoms with Crippen LogP contribution in [0.3, 0.4) is 0 Å². The quantitative estimate of drug-likeness (QED) is 0.449. The molecule has 0 heterocycles. The van der Waals surface area contributed by atoms with E-state index in [1.165, 1.54) is 7.11 Å². The van der Waals surface area contributed by atoms with Crippen LogP contribution in [0.1, 0.15) is 19.8 Å². The van der Waals surface area contributed by atoms with Crippen molar-refractivity contribution in [3.8, 4) is 0 Å². The Labute approximate surface area is 112 Å². The van der Waals surface area contributed by atoms with Gasteiger partial charge in [0.1, 0.15) is 0 Å². The molecule has 0 saturated carbocycles. The molecule has 0 aliphatic rings. The van der Waals surface area contributed by atoms with E-state index >= 15 is 0 Å². The number of rotatable bonds is 10. The molecule has 0 spiro atoms. The molecule has 0 saturated heterocycles. The zero-order valence-electron chi connectivity index (χ0n) is 12.3. The van der Waals surface area contributed by atoms with Crippen LogP contribution < -0.4 is 0 Å². The molecule has 0 rings (SSSR count). The fourth-order valence-corrected chi connectivity index (χ4v) is 3.07. The molecule has 0 amide bonds. The molecule has 108 valence electrons. The van der Waals surface area contributed by atoms with E-state index in [-0.39, 0.29) is 5.97 Å². The summed E-state index contributed by atoms with van der Waals surface area (Å²) >= 11 is 0. The van der Waals surface area contributed by atoms with E-state index in [2.05, 4.69) is 23.1 Å². The van der Waals surface area contributed by atoms with Gasteiger partial charge in [0.15, 0.2) is 0 Å². The molecule has 0 aliphatic carbocycles. The Kier molecular flexibility index (Phi) is 9.26. The van der Waals surface area contributed by atoms with Crippen LogP contribution in [-0.4, -0.2) is 60.4 Å². The molecule has 6 heteroatoms. The molecule has 0 aliphatic heterocycles. The summed E-state index contributed by atoms with van der Waals surface area (Å²) in [4.78, 5) is 13.3. The molecular formula is C12H27NO4Si. The number of ether oxygens (including phenoxy) is 1. The van der Waals surface area contributed by atoms with Crippen LogP contribution in [0.25, 0.3) is 0 Å². The number of carbonyl (C=O) groups is 1. The molecular weight excluding hydrogens is 250 g/mol. The van der Waals surface area contributed by atoms with Crippen molar-refractivity contribution in [2.75, 3.05) is 41.0 Å². The van der Waals surface area contributed by atoms with Crippen molar-refractivity contribution < 1.29 is 18.4 Å². The first kappa shape index (κ1) is 17.6. The second-order valence-corrected chi connectivity index (χ2v) is 7.99. The number of nitrogens with zero attached hydrogens (tertiary/aromatic N) is 1. The first-order valence-corrected chi connectivity index (χ1v) is 8.93. The summed E-state index contributed by atoms with van der Waals surface area (Å²) in [7, 11) is 2.90.